The molecule has 0 saturated heterocycles. The lowest BCUT2D eigenvalue weighted by molar-refractivity contribution is 0.544. The summed E-state index contributed by atoms with van der Waals surface area (Å²) >= 11 is 0. The fourth-order valence-corrected chi connectivity index (χ4v) is 2.13. The molecule has 0 N–H and O–H groups in total. The second-order valence-corrected chi connectivity index (χ2v) is 4.90. The normalized spacial score (nSPS) is 10.2. The average molecular weight is 258 g/mol. The number of aromatic nitrogens is 1. The summed E-state index contributed by atoms with van der Waals surface area (Å²) in [5.74, 6) is 0. The van der Waals surface area contributed by atoms with Crippen LogP contribution in [0.1, 0.15) is 63.9 Å². The maximum atomic E-state index is 2.31. The van der Waals surface area contributed by atoms with Crippen LogP contribution in [0.5, 0.6) is 0 Å². The Labute approximate surface area is 113 Å². The molecule has 1 aromatic heterocycles. The molecule has 0 aliphatic rings. The first-order chi connectivity index (χ1) is 7.83. The SMILES string of the molecule is CCCCCCCCCCn1ccc(C)c1.Cl. The molecule has 0 aliphatic carbocycles. The molecule has 0 unspecified atom stereocenters. The first-order valence-corrected chi connectivity index (χ1v) is 6.95. The summed E-state index contributed by atoms with van der Waals surface area (Å²) in [6, 6.07) is 2.19. The van der Waals surface area contributed by atoms with Crippen LogP contribution in [-0.2, 0) is 6.54 Å². The Morgan fingerprint density at radius 3 is 2.06 bits per heavy atom. The summed E-state index contributed by atoms with van der Waals surface area (Å²) in [6.45, 7) is 5.63. The third-order valence-electron chi connectivity index (χ3n) is 3.17. The van der Waals surface area contributed by atoms with Gasteiger partial charge in [-0.15, -0.1) is 12.4 Å². The third kappa shape index (κ3) is 8.31. The molecule has 0 bridgehead atoms. The summed E-state index contributed by atoms with van der Waals surface area (Å²) in [4.78, 5) is 0. The van der Waals surface area contributed by atoms with E-state index >= 15 is 0 Å². The molecule has 0 fully saturated rings. The third-order valence-corrected chi connectivity index (χ3v) is 3.17. The molecule has 17 heavy (non-hydrogen) atoms. The topological polar surface area (TPSA) is 4.93 Å². The van der Waals surface area contributed by atoms with Gasteiger partial charge in [0.2, 0.25) is 0 Å². The monoisotopic (exact) mass is 257 g/mol. The van der Waals surface area contributed by atoms with Crippen LogP contribution in [0.15, 0.2) is 18.5 Å². The number of nitrogens with zero attached hydrogens (tertiary/aromatic N) is 1. The first kappa shape index (κ1) is 16.6. The highest BCUT2D eigenvalue weighted by molar-refractivity contribution is 5.85. The van der Waals surface area contributed by atoms with E-state index in [4.69, 9.17) is 0 Å². The van der Waals surface area contributed by atoms with Gasteiger partial charge in [0.15, 0.2) is 0 Å². The van der Waals surface area contributed by atoms with E-state index in [1.54, 1.807) is 0 Å². The smallest absolute Gasteiger partial charge is 0.0219 e. The molecule has 1 aromatic rings. The number of halogens is 1. The van der Waals surface area contributed by atoms with Crippen LogP contribution in [0.25, 0.3) is 0 Å². The van der Waals surface area contributed by atoms with E-state index in [0.29, 0.717) is 0 Å². The highest BCUT2D eigenvalue weighted by atomic mass is 35.5. The predicted octanol–water partition coefficient (Wildman–Crippen LogP) is 5.36. The molecule has 0 radical (unpaired) electrons. The Hall–Kier alpha value is -0.430. The van der Waals surface area contributed by atoms with Gasteiger partial charge in [0.05, 0.1) is 0 Å². The van der Waals surface area contributed by atoms with Gasteiger partial charge in [0.25, 0.3) is 0 Å². The number of hydrogen-bond acceptors (Lipinski definition) is 0. The van der Waals surface area contributed by atoms with Crippen molar-refractivity contribution in [1.82, 2.24) is 4.57 Å². The van der Waals surface area contributed by atoms with Gasteiger partial charge in [-0.2, -0.15) is 0 Å². The van der Waals surface area contributed by atoms with Crippen molar-refractivity contribution in [3.05, 3.63) is 24.0 Å². The molecule has 0 spiro atoms. The van der Waals surface area contributed by atoms with Crippen LogP contribution in [-0.4, -0.2) is 4.57 Å². The lowest BCUT2D eigenvalue weighted by atomic mass is 10.1. The fraction of sp³-hybridized carbons (Fsp3) is 0.733. The highest BCUT2D eigenvalue weighted by Crippen LogP contribution is 2.09. The van der Waals surface area contributed by atoms with Gasteiger partial charge < -0.3 is 4.57 Å². The number of hydrogen-bond donors (Lipinski definition) is 0. The lowest BCUT2D eigenvalue weighted by Gasteiger charge is -2.03. The van der Waals surface area contributed by atoms with Crippen LogP contribution in [0.2, 0.25) is 0 Å². The molecule has 1 nitrogen and oxygen atoms in total. The van der Waals surface area contributed by atoms with E-state index in [1.165, 1.54) is 63.5 Å². The van der Waals surface area contributed by atoms with Crippen LogP contribution < -0.4 is 0 Å². The Kier molecular flexibility index (Phi) is 10.4. The summed E-state index contributed by atoms with van der Waals surface area (Å²) in [5.41, 5.74) is 1.37. The zero-order chi connectivity index (χ0) is 11.6. The molecule has 0 saturated carbocycles. The van der Waals surface area contributed by atoms with E-state index in [0.717, 1.165) is 0 Å². The van der Waals surface area contributed by atoms with Crippen molar-refractivity contribution in [2.24, 2.45) is 0 Å². The van der Waals surface area contributed by atoms with Crippen molar-refractivity contribution in [2.75, 3.05) is 0 Å². The molecule has 1 rings (SSSR count). The molecule has 0 atom stereocenters. The van der Waals surface area contributed by atoms with E-state index < -0.39 is 0 Å². The van der Waals surface area contributed by atoms with Gasteiger partial charge in [-0.25, -0.2) is 0 Å². The second-order valence-electron chi connectivity index (χ2n) is 4.90. The predicted molar refractivity (Wildman–Crippen MR) is 79.0 cm³/mol. The van der Waals surface area contributed by atoms with Crippen LogP contribution >= 0.6 is 12.4 Å². The molecule has 1 heterocycles. The van der Waals surface area contributed by atoms with Crippen LogP contribution in [0.4, 0.5) is 0 Å². The Morgan fingerprint density at radius 2 is 1.53 bits per heavy atom. The molecule has 0 aliphatic heterocycles. The van der Waals surface area contributed by atoms with Crippen LogP contribution in [0.3, 0.4) is 0 Å². The van der Waals surface area contributed by atoms with Crippen molar-refractivity contribution in [3.8, 4) is 0 Å². The molecule has 100 valence electrons. The summed E-state index contributed by atoms with van der Waals surface area (Å²) in [6.07, 6.45) is 15.7. The van der Waals surface area contributed by atoms with Crippen molar-refractivity contribution in [2.45, 2.75) is 71.8 Å². The number of unbranched alkanes of at least 4 members (excludes halogenated alkanes) is 7. The summed E-state index contributed by atoms with van der Waals surface area (Å²) in [5, 5.41) is 0. The Morgan fingerprint density at radius 1 is 0.941 bits per heavy atom. The van der Waals surface area contributed by atoms with Crippen molar-refractivity contribution in [3.63, 3.8) is 0 Å². The van der Waals surface area contributed by atoms with Gasteiger partial charge in [-0.05, 0) is 25.0 Å². The number of aryl methyl sites for hydroxylation is 2. The maximum Gasteiger partial charge on any atom is 0.0219 e. The van der Waals surface area contributed by atoms with Gasteiger partial charge in [0.1, 0.15) is 0 Å². The quantitative estimate of drug-likeness (QED) is 0.525. The molecule has 0 amide bonds. The van der Waals surface area contributed by atoms with E-state index in [9.17, 15) is 0 Å². The van der Waals surface area contributed by atoms with Gasteiger partial charge in [0, 0.05) is 18.9 Å². The summed E-state index contributed by atoms with van der Waals surface area (Å²) < 4.78 is 2.31. The maximum absolute atomic E-state index is 2.31. The number of rotatable bonds is 9. The highest BCUT2D eigenvalue weighted by Gasteiger charge is 1.93. The lowest BCUT2D eigenvalue weighted by Crippen LogP contribution is -1.93. The molecule has 2 heteroatoms. The molecule has 0 aromatic carbocycles. The van der Waals surface area contributed by atoms with Crippen molar-refractivity contribution >= 4 is 12.4 Å². The first-order valence-electron chi connectivity index (χ1n) is 6.95. The Bertz CT molecular complexity index is 268. The minimum absolute atomic E-state index is 0. The molecular formula is C15H28ClN. The minimum Gasteiger partial charge on any atom is -0.354 e. The van der Waals surface area contributed by atoms with E-state index in [1.807, 2.05) is 0 Å². The van der Waals surface area contributed by atoms with E-state index in [2.05, 4.69) is 36.9 Å². The van der Waals surface area contributed by atoms with E-state index in [-0.39, 0.29) is 12.4 Å². The minimum atomic E-state index is 0. The zero-order valence-corrected chi connectivity index (χ0v) is 12.3. The Balaban J connectivity index is 0.00000256. The zero-order valence-electron chi connectivity index (χ0n) is 11.5. The van der Waals surface area contributed by atoms with Crippen molar-refractivity contribution in [1.29, 1.82) is 0 Å². The van der Waals surface area contributed by atoms with Crippen molar-refractivity contribution < 1.29 is 0 Å². The van der Waals surface area contributed by atoms with Crippen LogP contribution in [0, 0.1) is 6.92 Å². The largest absolute Gasteiger partial charge is 0.354 e. The van der Waals surface area contributed by atoms with Gasteiger partial charge in [-0.1, -0.05) is 51.9 Å². The van der Waals surface area contributed by atoms with Gasteiger partial charge >= 0.3 is 0 Å². The molecular weight excluding hydrogens is 230 g/mol. The standard InChI is InChI=1S/C15H27N.ClH/c1-3-4-5-6-7-8-9-10-12-16-13-11-15(2)14-16;/h11,13-14H,3-10,12H2,1-2H3;1H. The van der Waals surface area contributed by atoms with Gasteiger partial charge in [-0.3, -0.25) is 0 Å². The average Bonchev–Trinajstić information content (AvgIpc) is 2.68. The second kappa shape index (κ2) is 10.7. The summed E-state index contributed by atoms with van der Waals surface area (Å²) in [7, 11) is 0. The fourth-order valence-electron chi connectivity index (χ4n) is 2.13.